The summed E-state index contributed by atoms with van der Waals surface area (Å²) in [5.41, 5.74) is 2.20. The average molecular weight is 317 g/mol. The normalized spacial score (nSPS) is 16.5. The molecule has 3 rings (SSSR count). The number of urea groups is 1. The summed E-state index contributed by atoms with van der Waals surface area (Å²) < 4.78 is 0. The summed E-state index contributed by atoms with van der Waals surface area (Å²) in [6.07, 6.45) is 1.10. The van der Waals surface area contributed by atoms with Crippen LogP contribution in [0.4, 0.5) is 9.93 Å². The van der Waals surface area contributed by atoms with Gasteiger partial charge in [-0.3, -0.25) is 4.90 Å². The quantitative estimate of drug-likeness (QED) is 0.939. The van der Waals surface area contributed by atoms with Gasteiger partial charge in [0.2, 0.25) is 0 Å². The minimum Gasteiger partial charge on any atom is -0.333 e. The average Bonchev–Trinajstić information content (AvgIpc) is 3.07. The molecule has 1 aliphatic heterocycles. The van der Waals surface area contributed by atoms with E-state index in [1.807, 2.05) is 30.5 Å². The van der Waals surface area contributed by atoms with E-state index in [2.05, 4.69) is 22.4 Å². The molecule has 2 amide bonds. The van der Waals surface area contributed by atoms with Gasteiger partial charge in [-0.1, -0.05) is 30.3 Å². The third kappa shape index (κ3) is 4.00. The number of carbonyl (C=O) groups excluding carboxylic acids is 3. The number of nitrogens with zero attached hydrogens (tertiary/aromatic N) is 2. The summed E-state index contributed by atoms with van der Waals surface area (Å²) in [6.45, 7) is 2.62. The monoisotopic (exact) mass is 317 g/mol. The Bertz CT molecular complexity index is 666. The van der Waals surface area contributed by atoms with Crippen LogP contribution in [0.2, 0.25) is 0 Å². The Balaban J connectivity index is 0.000000545. The standard InChI is InChI=1S/C14H15N3OS.CO2/c1-10-9-19-14(15-10)17-8-12(16-13(17)18)7-11-5-3-2-4-6-11;2-1-3/h2-6,9,12H,7-8H2,1H3,(H,16,18);. The number of anilines is 1. The molecule has 6 nitrogen and oxygen atoms in total. The summed E-state index contributed by atoms with van der Waals surface area (Å²) in [6, 6.07) is 10.3. The molecule has 1 aliphatic rings. The number of benzene rings is 1. The number of aromatic nitrogens is 1. The van der Waals surface area contributed by atoms with Crippen molar-refractivity contribution in [2.45, 2.75) is 19.4 Å². The van der Waals surface area contributed by atoms with E-state index in [4.69, 9.17) is 9.59 Å². The van der Waals surface area contributed by atoms with Gasteiger partial charge in [0.05, 0.1) is 18.3 Å². The van der Waals surface area contributed by atoms with Gasteiger partial charge in [0.1, 0.15) is 0 Å². The van der Waals surface area contributed by atoms with Gasteiger partial charge in [-0.25, -0.2) is 9.78 Å². The van der Waals surface area contributed by atoms with Gasteiger partial charge in [0.15, 0.2) is 5.13 Å². The van der Waals surface area contributed by atoms with Crippen LogP contribution in [0, 0.1) is 6.92 Å². The fourth-order valence-corrected chi connectivity index (χ4v) is 3.06. The summed E-state index contributed by atoms with van der Waals surface area (Å²) in [4.78, 5) is 34.3. The molecule has 1 aromatic heterocycles. The Morgan fingerprint density at radius 3 is 2.64 bits per heavy atom. The van der Waals surface area contributed by atoms with Gasteiger partial charge in [-0.2, -0.15) is 9.59 Å². The Morgan fingerprint density at radius 2 is 2.05 bits per heavy atom. The lowest BCUT2D eigenvalue weighted by Gasteiger charge is -2.10. The Hall–Kier alpha value is -2.50. The molecule has 1 atom stereocenters. The van der Waals surface area contributed by atoms with Crippen LogP contribution in [-0.2, 0) is 16.0 Å². The molecule has 1 unspecified atom stereocenters. The molecule has 7 heteroatoms. The van der Waals surface area contributed by atoms with E-state index >= 15 is 0 Å². The number of hydrogen-bond donors (Lipinski definition) is 1. The lowest BCUT2D eigenvalue weighted by Crippen LogP contribution is -2.29. The molecule has 2 heterocycles. The number of thiazole rings is 1. The minimum atomic E-state index is -0.0460. The number of amides is 2. The van der Waals surface area contributed by atoms with Gasteiger partial charge in [0.25, 0.3) is 0 Å². The largest absolute Gasteiger partial charge is 0.373 e. The third-order valence-corrected chi connectivity index (χ3v) is 4.12. The maximum absolute atomic E-state index is 12.0. The summed E-state index contributed by atoms with van der Waals surface area (Å²) >= 11 is 1.51. The van der Waals surface area contributed by atoms with Gasteiger partial charge < -0.3 is 5.32 Å². The molecule has 0 aliphatic carbocycles. The first-order chi connectivity index (χ1) is 10.6. The van der Waals surface area contributed by atoms with Crippen molar-refractivity contribution in [2.24, 2.45) is 0 Å². The molecule has 1 fully saturated rings. The van der Waals surface area contributed by atoms with Crippen molar-refractivity contribution in [3.05, 3.63) is 47.0 Å². The molecule has 0 bridgehead atoms. The van der Waals surface area contributed by atoms with E-state index in [1.54, 1.807) is 4.90 Å². The number of carbonyl (C=O) groups is 1. The van der Waals surface area contributed by atoms with Crippen molar-refractivity contribution < 1.29 is 14.4 Å². The predicted octanol–water partition coefficient (Wildman–Crippen LogP) is 2.01. The van der Waals surface area contributed by atoms with Crippen LogP contribution in [0.1, 0.15) is 11.3 Å². The van der Waals surface area contributed by atoms with Crippen molar-refractivity contribution in [1.82, 2.24) is 10.3 Å². The van der Waals surface area contributed by atoms with Crippen molar-refractivity contribution in [3.8, 4) is 0 Å². The first kappa shape index (κ1) is 15.9. The van der Waals surface area contributed by atoms with E-state index in [-0.39, 0.29) is 18.2 Å². The molecular formula is C15H15N3O3S. The highest BCUT2D eigenvalue weighted by atomic mass is 32.1. The molecule has 1 aromatic carbocycles. The molecule has 0 radical (unpaired) electrons. The van der Waals surface area contributed by atoms with E-state index in [1.165, 1.54) is 16.9 Å². The zero-order chi connectivity index (χ0) is 15.9. The fourth-order valence-electron chi connectivity index (χ4n) is 2.25. The lowest BCUT2D eigenvalue weighted by molar-refractivity contribution is -0.191. The van der Waals surface area contributed by atoms with Gasteiger partial charge in [-0.15, -0.1) is 11.3 Å². The minimum absolute atomic E-state index is 0.0460. The summed E-state index contributed by atoms with van der Waals surface area (Å²) in [5.74, 6) is 0. The number of rotatable bonds is 3. The van der Waals surface area contributed by atoms with Crippen LogP contribution in [0.5, 0.6) is 0 Å². The highest BCUT2D eigenvalue weighted by Crippen LogP contribution is 2.23. The number of hydrogen-bond acceptors (Lipinski definition) is 5. The fraction of sp³-hybridized carbons (Fsp3) is 0.267. The van der Waals surface area contributed by atoms with Crippen molar-refractivity contribution in [2.75, 3.05) is 11.4 Å². The van der Waals surface area contributed by atoms with Crippen LogP contribution >= 0.6 is 11.3 Å². The molecule has 22 heavy (non-hydrogen) atoms. The molecule has 114 valence electrons. The second kappa shape index (κ2) is 7.49. The van der Waals surface area contributed by atoms with Crippen molar-refractivity contribution in [1.29, 1.82) is 0 Å². The highest BCUT2D eigenvalue weighted by molar-refractivity contribution is 7.14. The number of nitrogens with one attached hydrogen (secondary N) is 1. The van der Waals surface area contributed by atoms with E-state index < -0.39 is 0 Å². The predicted molar refractivity (Wildman–Crippen MR) is 81.7 cm³/mol. The third-order valence-electron chi connectivity index (χ3n) is 3.14. The van der Waals surface area contributed by atoms with Crippen LogP contribution in [-0.4, -0.2) is 29.8 Å². The molecule has 0 spiro atoms. The second-order valence-corrected chi connectivity index (χ2v) is 5.64. The van der Waals surface area contributed by atoms with Crippen LogP contribution in [0.25, 0.3) is 0 Å². The van der Waals surface area contributed by atoms with Crippen molar-refractivity contribution in [3.63, 3.8) is 0 Å². The molecule has 1 N–H and O–H groups in total. The Morgan fingerprint density at radius 1 is 1.36 bits per heavy atom. The van der Waals surface area contributed by atoms with Crippen LogP contribution in [0.15, 0.2) is 35.7 Å². The molecule has 0 saturated carbocycles. The van der Waals surface area contributed by atoms with Crippen molar-refractivity contribution >= 4 is 28.7 Å². The Labute approximate surface area is 131 Å². The topological polar surface area (TPSA) is 79.4 Å². The number of aryl methyl sites for hydroxylation is 1. The summed E-state index contributed by atoms with van der Waals surface area (Å²) in [7, 11) is 0. The first-order valence-corrected chi connectivity index (χ1v) is 7.55. The van der Waals surface area contributed by atoms with E-state index in [0.29, 0.717) is 6.54 Å². The molecule has 2 aromatic rings. The lowest BCUT2D eigenvalue weighted by atomic mass is 10.1. The first-order valence-electron chi connectivity index (χ1n) is 6.67. The maximum Gasteiger partial charge on any atom is 0.373 e. The second-order valence-electron chi connectivity index (χ2n) is 4.80. The van der Waals surface area contributed by atoms with Crippen LogP contribution in [0.3, 0.4) is 0 Å². The molecule has 1 saturated heterocycles. The smallest absolute Gasteiger partial charge is 0.333 e. The zero-order valence-corrected chi connectivity index (χ0v) is 12.8. The van der Waals surface area contributed by atoms with Crippen LogP contribution < -0.4 is 10.2 Å². The van der Waals surface area contributed by atoms with Gasteiger partial charge in [0, 0.05) is 5.38 Å². The zero-order valence-electron chi connectivity index (χ0n) is 12.0. The highest BCUT2D eigenvalue weighted by Gasteiger charge is 2.31. The molecular weight excluding hydrogens is 302 g/mol. The SMILES string of the molecule is Cc1csc(N2CC(Cc3ccccc3)NC2=O)n1.O=C=O. The van der Waals surface area contributed by atoms with E-state index in [9.17, 15) is 4.79 Å². The Kier molecular flexibility index (Phi) is 5.41. The maximum atomic E-state index is 12.0. The van der Waals surface area contributed by atoms with Gasteiger partial charge >= 0.3 is 12.2 Å². The van der Waals surface area contributed by atoms with Gasteiger partial charge in [-0.05, 0) is 18.9 Å². The van der Waals surface area contributed by atoms with E-state index in [0.717, 1.165) is 17.2 Å². The summed E-state index contributed by atoms with van der Waals surface area (Å²) in [5, 5.41) is 5.76.